The molecule has 4 nitrogen and oxygen atoms in total. The Balaban J connectivity index is 1.80. The highest BCUT2D eigenvalue weighted by Gasteiger charge is 2.27. The molecule has 76 valence electrons. The Morgan fingerprint density at radius 1 is 1.64 bits per heavy atom. The second-order valence-electron chi connectivity index (χ2n) is 3.64. The molecule has 1 aromatic rings. The van der Waals surface area contributed by atoms with Crippen LogP contribution in [-0.2, 0) is 0 Å². The largest absolute Gasteiger partial charge is 0.461 e. The molecule has 1 fully saturated rings. The number of carbonyl (C=O) groups excluding carboxylic acids is 1. The van der Waals surface area contributed by atoms with Gasteiger partial charge in [0.15, 0.2) is 5.76 Å². The molecule has 0 spiro atoms. The van der Waals surface area contributed by atoms with E-state index in [0.717, 1.165) is 13.1 Å². The van der Waals surface area contributed by atoms with E-state index >= 15 is 0 Å². The molecule has 1 aliphatic rings. The number of ketones is 1. The summed E-state index contributed by atoms with van der Waals surface area (Å²) in [6.07, 6.45) is 1.50. The van der Waals surface area contributed by atoms with E-state index in [2.05, 4.69) is 0 Å². The number of aliphatic hydroxyl groups is 1. The van der Waals surface area contributed by atoms with E-state index in [0.29, 0.717) is 18.2 Å². The van der Waals surface area contributed by atoms with Crippen LogP contribution in [0.1, 0.15) is 10.6 Å². The summed E-state index contributed by atoms with van der Waals surface area (Å²) in [4.78, 5) is 13.5. The maximum Gasteiger partial charge on any atom is 0.211 e. The van der Waals surface area contributed by atoms with Crippen molar-refractivity contribution >= 4 is 5.78 Å². The predicted molar refractivity (Wildman–Crippen MR) is 50.1 cm³/mol. The molecule has 14 heavy (non-hydrogen) atoms. The van der Waals surface area contributed by atoms with Crippen LogP contribution in [0.4, 0.5) is 0 Å². The van der Waals surface area contributed by atoms with Crippen molar-refractivity contribution in [3.63, 3.8) is 0 Å². The fourth-order valence-corrected chi connectivity index (χ4v) is 1.64. The van der Waals surface area contributed by atoms with Gasteiger partial charge in [-0.25, -0.2) is 0 Å². The standard InChI is InChI=1S/C10H13NO3/c12-7-8-4-11(5-8)6-9(13)10-2-1-3-14-10/h1-3,8,12H,4-7H2. The minimum atomic E-state index is 0.00592. The molecule has 0 aliphatic carbocycles. The number of Topliss-reactive ketones (excluding diaryl/α,β-unsaturated/α-hetero) is 1. The summed E-state index contributed by atoms with van der Waals surface area (Å²) in [5.74, 6) is 0.767. The minimum Gasteiger partial charge on any atom is -0.461 e. The lowest BCUT2D eigenvalue weighted by Crippen LogP contribution is -2.50. The number of nitrogens with zero attached hydrogens (tertiary/aromatic N) is 1. The Bertz CT molecular complexity index is 301. The summed E-state index contributed by atoms with van der Waals surface area (Å²) < 4.78 is 4.99. The first kappa shape index (κ1) is 9.43. The molecular weight excluding hydrogens is 182 g/mol. The first-order chi connectivity index (χ1) is 6.79. The van der Waals surface area contributed by atoms with Gasteiger partial charge in [0.1, 0.15) is 0 Å². The van der Waals surface area contributed by atoms with Crippen LogP contribution in [-0.4, -0.2) is 42.0 Å². The highest BCUT2D eigenvalue weighted by Crippen LogP contribution is 2.15. The fourth-order valence-electron chi connectivity index (χ4n) is 1.64. The van der Waals surface area contributed by atoms with Crippen LogP contribution in [0.5, 0.6) is 0 Å². The van der Waals surface area contributed by atoms with E-state index in [1.807, 2.05) is 4.90 Å². The number of furan rings is 1. The monoisotopic (exact) mass is 195 g/mol. The lowest BCUT2D eigenvalue weighted by molar-refractivity contribution is 0.0478. The summed E-state index contributed by atoms with van der Waals surface area (Å²) >= 11 is 0. The van der Waals surface area contributed by atoms with E-state index in [4.69, 9.17) is 9.52 Å². The van der Waals surface area contributed by atoms with E-state index < -0.39 is 0 Å². The van der Waals surface area contributed by atoms with Gasteiger partial charge in [-0.1, -0.05) is 0 Å². The Kier molecular flexibility index (Phi) is 2.65. The van der Waals surface area contributed by atoms with Crippen molar-refractivity contribution in [1.82, 2.24) is 4.90 Å². The zero-order valence-electron chi connectivity index (χ0n) is 7.85. The summed E-state index contributed by atoms with van der Waals surface area (Å²) in [6, 6.07) is 3.38. The molecular formula is C10H13NO3. The maximum atomic E-state index is 11.5. The third kappa shape index (κ3) is 1.86. The van der Waals surface area contributed by atoms with Gasteiger partial charge in [0, 0.05) is 25.6 Å². The van der Waals surface area contributed by atoms with Crippen LogP contribution in [0.25, 0.3) is 0 Å². The number of likely N-dealkylation sites (tertiary alicyclic amines) is 1. The van der Waals surface area contributed by atoms with Crippen molar-refractivity contribution < 1.29 is 14.3 Å². The first-order valence-electron chi connectivity index (χ1n) is 4.69. The van der Waals surface area contributed by atoms with Gasteiger partial charge in [-0.2, -0.15) is 0 Å². The predicted octanol–water partition coefficient (Wildman–Crippen LogP) is 0.386. The molecule has 0 unspecified atom stereocenters. The molecule has 1 aromatic heterocycles. The fraction of sp³-hybridized carbons (Fsp3) is 0.500. The van der Waals surface area contributed by atoms with E-state index in [1.54, 1.807) is 12.1 Å². The van der Waals surface area contributed by atoms with E-state index in [9.17, 15) is 4.79 Å². The molecule has 1 saturated heterocycles. The zero-order chi connectivity index (χ0) is 9.97. The van der Waals surface area contributed by atoms with Crippen molar-refractivity contribution in [2.45, 2.75) is 0 Å². The SMILES string of the molecule is O=C(CN1CC(CO)C1)c1ccco1. The highest BCUT2D eigenvalue weighted by atomic mass is 16.3. The van der Waals surface area contributed by atoms with Crippen LogP contribution in [0.3, 0.4) is 0 Å². The van der Waals surface area contributed by atoms with Gasteiger partial charge in [0.2, 0.25) is 5.78 Å². The van der Waals surface area contributed by atoms with Gasteiger partial charge in [0.05, 0.1) is 12.8 Å². The second kappa shape index (κ2) is 3.94. The van der Waals surface area contributed by atoms with Crippen LogP contribution >= 0.6 is 0 Å². The maximum absolute atomic E-state index is 11.5. The number of hydrogen-bond donors (Lipinski definition) is 1. The molecule has 0 aromatic carbocycles. The molecule has 0 radical (unpaired) electrons. The molecule has 2 heterocycles. The smallest absolute Gasteiger partial charge is 0.211 e. The minimum absolute atomic E-state index is 0.00592. The molecule has 1 aliphatic heterocycles. The lowest BCUT2D eigenvalue weighted by Gasteiger charge is -2.37. The number of carbonyl (C=O) groups is 1. The van der Waals surface area contributed by atoms with Gasteiger partial charge in [-0.05, 0) is 12.1 Å². The van der Waals surface area contributed by atoms with Crippen molar-refractivity contribution in [2.24, 2.45) is 5.92 Å². The summed E-state index contributed by atoms with van der Waals surface area (Å²) in [5, 5.41) is 8.79. The Labute approximate surface area is 82.1 Å². The molecule has 1 N–H and O–H groups in total. The zero-order valence-corrected chi connectivity index (χ0v) is 7.85. The topological polar surface area (TPSA) is 53.7 Å². The molecule has 2 rings (SSSR count). The third-order valence-corrected chi connectivity index (χ3v) is 2.45. The quantitative estimate of drug-likeness (QED) is 0.706. The van der Waals surface area contributed by atoms with Gasteiger partial charge >= 0.3 is 0 Å². The van der Waals surface area contributed by atoms with Crippen molar-refractivity contribution in [2.75, 3.05) is 26.2 Å². The molecule has 0 bridgehead atoms. The van der Waals surface area contributed by atoms with Gasteiger partial charge < -0.3 is 9.52 Å². The van der Waals surface area contributed by atoms with Gasteiger partial charge in [-0.3, -0.25) is 9.69 Å². The van der Waals surface area contributed by atoms with Crippen LogP contribution in [0.15, 0.2) is 22.8 Å². The van der Waals surface area contributed by atoms with Gasteiger partial charge in [-0.15, -0.1) is 0 Å². The van der Waals surface area contributed by atoms with Crippen molar-refractivity contribution in [3.05, 3.63) is 24.2 Å². The average Bonchev–Trinajstić information content (AvgIpc) is 2.62. The first-order valence-corrected chi connectivity index (χ1v) is 4.69. The highest BCUT2D eigenvalue weighted by molar-refractivity contribution is 5.95. The van der Waals surface area contributed by atoms with Crippen LogP contribution in [0.2, 0.25) is 0 Å². The van der Waals surface area contributed by atoms with Crippen molar-refractivity contribution in [1.29, 1.82) is 0 Å². The van der Waals surface area contributed by atoms with Crippen molar-refractivity contribution in [3.8, 4) is 0 Å². The average molecular weight is 195 g/mol. The van der Waals surface area contributed by atoms with Crippen LogP contribution in [0, 0.1) is 5.92 Å². The molecule has 0 atom stereocenters. The molecule has 4 heteroatoms. The van der Waals surface area contributed by atoms with E-state index in [1.165, 1.54) is 6.26 Å². The lowest BCUT2D eigenvalue weighted by atomic mass is 10.0. The molecule has 0 amide bonds. The second-order valence-corrected chi connectivity index (χ2v) is 3.64. The Hall–Kier alpha value is -1.13. The number of hydrogen-bond acceptors (Lipinski definition) is 4. The van der Waals surface area contributed by atoms with E-state index in [-0.39, 0.29) is 12.4 Å². The summed E-state index contributed by atoms with van der Waals surface area (Å²) in [6.45, 7) is 2.22. The van der Waals surface area contributed by atoms with Crippen LogP contribution < -0.4 is 0 Å². The Morgan fingerprint density at radius 3 is 3.00 bits per heavy atom. The summed E-state index contributed by atoms with van der Waals surface area (Å²) in [5.41, 5.74) is 0. The number of aliphatic hydroxyl groups excluding tert-OH is 1. The van der Waals surface area contributed by atoms with Gasteiger partial charge in [0.25, 0.3) is 0 Å². The summed E-state index contributed by atoms with van der Waals surface area (Å²) in [7, 11) is 0. The Morgan fingerprint density at radius 2 is 2.43 bits per heavy atom. The number of rotatable bonds is 4. The third-order valence-electron chi connectivity index (χ3n) is 2.45. The normalized spacial score (nSPS) is 18.1. The molecule has 0 saturated carbocycles.